The van der Waals surface area contributed by atoms with Crippen LogP contribution in [0.3, 0.4) is 0 Å². The van der Waals surface area contributed by atoms with Gasteiger partial charge in [0, 0.05) is 36.8 Å². The van der Waals surface area contributed by atoms with Crippen LogP contribution in [0.5, 0.6) is 0 Å². The monoisotopic (exact) mass is 309 g/mol. The van der Waals surface area contributed by atoms with Crippen molar-refractivity contribution in [2.24, 2.45) is 0 Å². The highest BCUT2D eigenvalue weighted by atomic mass is 35.5. The fourth-order valence-electron chi connectivity index (χ4n) is 2.76. The van der Waals surface area contributed by atoms with Gasteiger partial charge in [0.1, 0.15) is 0 Å². The summed E-state index contributed by atoms with van der Waals surface area (Å²) in [6.07, 6.45) is 2.51. The molecule has 2 saturated heterocycles. The number of carbonyl (C=O) groups is 2. The molecule has 2 aliphatic heterocycles. The SMILES string of the molecule is Cl.O=C(NC1CCNC1)c1ccc(N2CCCC2=O)cc1. The Hall–Kier alpha value is -1.59. The maximum Gasteiger partial charge on any atom is 0.251 e. The first-order chi connectivity index (χ1) is 9.74. The first-order valence-electron chi connectivity index (χ1n) is 7.16. The second-order valence-corrected chi connectivity index (χ2v) is 5.36. The maximum absolute atomic E-state index is 12.1. The van der Waals surface area contributed by atoms with E-state index < -0.39 is 0 Å². The third-order valence-corrected chi connectivity index (χ3v) is 3.91. The second kappa shape index (κ2) is 6.91. The van der Waals surface area contributed by atoms with Gasteiger partial charge in [-0.25, -0.2) is 0 Å². The minimum absolute atomic E-state index is 0. The largest absolute Gasteiger partial charge is 0.348 e. The molecule has 0 aliphatic carbocycles. The van der Waals surface area contributed by atoms with Gasteiger partial charge in [0.2, 0.25) is 5.91 Å². The highest BCUT2D eigenvalue weighted by Gasteiger charge is 2.22. The van der Waals surface area contributed by atoms with Crippen molar-refractivity contribution in [1.29, 1.82) is 0 Å². The van der Waals surface area contributed by atoms with Crippen molar-refractivity contribution in [2.75, 3.05) is 24.5 Å². The summed E-state index contributed by atoms with van der Waals surface area (Å²) in [5, 5.41) is 6.23. The molecule has 0 saturated carbocycles. The molecule has 114 valence electrons. The van der Waals surface area contributed by atoms with Crippen molar-refractivity contribution in [3.8, 4) is 0 Å². The molecule has 0 spiro atoms. The summed E-state index contributed by atoms with van der Waals surface area (Å²) < 4.78 is 0. The average Bonchev–Trinajstić information content (AvgIpc) is 3.10. The molecule has 2 heterocycles. The van der Waals surface area contributed by atoms with Crippen LogP contribution < -0.4 is 15.5 Å². The Labute approximate surface area is 130 Å². The normalized spacial score (nSPS) is 21.2. The molecule has 1 unspecified atom stereocenters. The summed E-state index contributed by atoms with van der Waals surface area (Å²) in [5.74, 6) is 0.122. The number of nitrogens with zero attached hydrogens (tertiary/aromatic N) is 1. The molecule has 5 nitrogen and oxygen atoms in total. The molecule has 6 heteroatoms. The van der Waals surface area contributed by atoms with E-state index in [0.717, 1.165) is 38.2 Å². The number of rotatable bonds is 3. The molecular weight excluding hydrogens is 290 g/mol. The van der Waals surface area contributed by atoms with Crippen LogP contribution in [0, 0.1) is 0 Å². The van der Waals surface area contributed by atoms with E-state index in [2.05, 4.69) is 10.6 Å². The summed E-state index contributed by atoms with van der Waals surface area (Å²) in [7, 11) is 0. The summed E-state index contributed by atoms with van der Waals surface area (Å²) >= 11 is 0. The van der Waals surface area contributed by atoms with Crippen molar-refractivity contribution in [1.82, 2.24) is 10.6 Å². The van der Waals surface area contributed by atoms with Crippen molar-refractivity contribution < 1.29 is 9.59 Å². The van der Waals surface area contributed by atoms with Crippen LogP contribution in [0.4, 0.5) is 5.69 Å². The highest BCUT2D eigenvalue weighted by Crippen LogP contribution is 2.21. The Morgan fingerprint density at radius 1 is 1.29 bits per heavy atom. The Kier molecular flexibility index (Phi) is 5.20. The van der Waals surface area contributed by atoms with E-state index in [-0.39, 0.29) is 30.3 Å². The Morgan fingerprint density at radius 2 is 2.05 bits per heavy atom. The summed E-state index contributed by atoms with van der Waals surface area (Å²) in [5.41, 5.74) is 1.53. The predicted octanol–water partition coefficient (Wildman–Crippen LogP) is 1.33. The summed E-state index contributed by atoms with van der Waals surface area (Å²) in [4.78, 5) is 25.5. The lowest BCUT2D eigenvalue weighted by molar-refractivity contribution is -0.117. The van der Waals surface area contributed by atoms with Crippen LogP contribution in [0.25, 0.3) is 0 Å². The third kappa shape index (κ3) is 3.54. The lowest BCUT2D eigenvalue weighted by Crippen LogP contribution is -2.36. The zero-order chi connectivity index (χ0) is 13.9. The number of hydrogen-bond acceptors (Lipinski definition) is 3. The topological polar surface area (TPSA) is 61.4 Å². The second-order valence-electron chi connectivity index (χ2n) is 5.36. The van der Waals surface area contributed by atoms with Gasteiger partial charge in [-0.15, -0.1) is 12.4 Å². The molecule has 0 aromatic heterocycles. The van der Waals surface area contributed by atoms with Gasteiger partial charge in [-0.3, -0.25) is 9.59 Å². The first-order valence-corrected chi connectivity index (χ1v) is 7.16. The number of benzene rings is 1. The summed E-state index contributed by atoms with van der Waals surface area (Å²) in [6, 6.07) is 7.51. The maximum atomic E-state index is 12.1. The van der Waals surface area contributed by atoms with Crippen LogP contribution in [-0.4, -0.2) is 37.5 Å². The standard InChI is InChI=1S/C15H19N3O2.ClH/c19-14-2-1-9-18(14)13-5-3-11(4-6-13)15(20)17-12-7-8-16-10-12;/h3-6,12,16H,1-2,7-10H2,(H,17,20);1H. The zero-order valence-electron chi connectivity index (χ0n) is 11.8. The van der Waals surface area contributed by atoms with Crippen LogP contribution in [0.2, 0.25) is 0 Å². The molecule has 0 bridgehead atoms. The average molecular weight is 310 g/mol. The Balaban J connectivity index is 0.00000161. The molecule has 2 fully saturated rings. The quantitative estimate of drug-likeness (QED) is 0.885. The lowest BCUT2D eigenvalue weighted by Gasteiger charge is -2.16. The van der Waals surface area contributed by atoms with Crippen molar-refractivity contribution in [2.45, 2.75) is 25.3 Å². The van der Waals surface area contributed by atoms with Gasteiger partial charge >= 0.3 is 0 Å². The van der Waals surface area contributed by atoms with E-state index >= 15 is 0 Å². The first kappa shape index (κ1) is 15.8. The minimum atomic E-state index is -0.0435. The molecule has 3 rings (SSSR count). The lowest BCUT2D eigenvalue weighted by atomic mass is 10.1. The van der Waals surface area contributed by atoms with Gasteiger partial charge < -0.3 is 15.5 Å². The number of carbonyl (C=O) groups excluding carboxylic acids is 2. The molecule has 1 aromatic rings. The van der Waals surface area contributed by atoms with Crippen LogP contribution in [0.1, 0.15) is 29.6 Å². The molecule has 1 atom stereocenters. The van der Waals surface area contributed by atoms with Crippen molar-refractivity contribution in [3.05, 3.63) is 29.8 Å². The van der Waals surface area contributed by atoms with E-state index in [0.29, 0.717) is 12.0 Å². The molecular formula is C15H20ClN3O2. The van der Waals surface area contributed by atoms with Gasteiger partial charge in [-0.05, 0) is 43.7 Å². The molecule has 2 amide bonds. The summed E-state index contributed by atoms with van der Waals surface area (Å²) in [6.45, 7) is 2.57. The predicted molar refractivity (Wildman–Crippen MR) is 84.0 cm³/mol. The van der Waals surface area contributed by atoms with Crippen LogP contribution >= 0.6 is 12.4 Å². The van der Waals surface area contributed by atoms with Crippen molar-refractivity contribution >= 4 is 29.9 Å². The Morgan fingerprint density at radius 3 is 2.62 bits per heavy atom. The van der Waals surface area contributed by atoms with E-state index in [4.69, 9.17) is 0 Å². The van der Waals surface area contributed by atoms with Gasteiger partial charge in [0.05, 0.1) is 0 Å². The van der Waals surface area contributed by atoms with Gasteiger partial charge in [-0.1, -0.05) is 0 Å². The number of hydrogen-bond donors (Lipinski definition) is 2. The smallest absolute Gasteiger partial charge is 0.251 e. The van der Waals surface area contributed by atoms with E-state index in [9.17, 15) is 9.59 Å². The fraction of sp³-hybridized carbons (Fsp3) is 0.467. The molecule has 1 aromatic carbocycles. The minimum Gasteiger partial charge on any atom is -0.348 e. The van der Waals surface area contributed by atoms with Crippen LogP contribution in [-0.2, 0) is 4.79 Å². The number of halogens is 1. The highest BCUT2D eigenvalue weighted by molar-refractivity contribution is 5.97. The number of nitrogens with one attached hydrogen (secondary N) is 2. The van der Waals surface area contributed by atoms with E-state index in [1.165, 1.54) is 0 Å². The third-order valence-electron chi connectivity index (χ3n) is 3.91. The van der Waals surface area contributed by atoms with Gasteiger partial charge in [-0.2, -0.15) is 0 Å². The molecule has 0 radical (unpaired) electrons. The molecule has 2 aliphatic rings. The molecule has 21 heavy (non-hydrogen) atoms. The number of anilines is 1. The van der Waals surface area contributed by atoms with Crippen molar-refractivity contribution in [3.63, 3.8) is 0 Å². The van der Waals surface area contributed by atoms with Crippen LogP contribution in [0.15, 0.2) is 24.3 Å². The van der Waals surface area contributed by atoms with E-state index in [1.54, 1.807) is 17.0 Å². The van der Waals surface area contributed by atoms with E-state index in [1.807, 2.05) is 12.1 Å². The Bertz CT molecular complexity index is 512. The molecule has 2 N–H and O–H groups in total. The van der Waals surface area contributed by atoms with Gasteiger partial charge in [0.25, 0.3) is 5.91 Å². The fourth-order valence-corrected chi connectivity index (χ4v) is 2.76. The van der Waals surface area contributed by atoms with Gasteiger partial charge in [0.15, 0.2) is 0 Å². The zero-order valence-corrected chi connectivity index (χ0v) is 12.6. The number of amides is 2.